The molecule has 1 saturated heterocycles. The number of nitrogens with zero attached hydrogens (tertiary/aromatic N) is 2. The standard InChI is InChI=1S/C18H21N3O2/c1-12(22)15-9-16(20-19-15)17(23)21-10-14(18(2,3)11-21)13-7-5-4-6-8-13/h4-9,14H,10-11H2,1-3H3,(H,19,20). The van der Waals surface area contributed by atoms with Crippen molar-refractivity contribution >= 4 is 11.7 Å². The Morgan fingerprint density at radius 1 is 1.26 bits per heavy atom. The minimum atomic E-state index is -0.149. The van der Waals surface area contributed by atoms with E-state index < -0.39 is 0 Å². The number of likely N-dealkylation sites (tertiary alicyclic amines) is 1. The number of benzene rings is 1. The highest BCUT2D eigenvalue weighted by Gasteiger charge is 2.42. The van der Waals surface area contributed by atoms with Crippen LogP contribution >= 0.6 is 0 Å². The van der Waals surface area contributed by atoms with Crippen molar-refractivity contribution in [2.45, 2.75) is 26.7 Å². The summed E-state index contributed by atoms with van der Waals surface area (Å²) in [6, 6.07) is 11.8. The summed E-state index contributed by atoms with van der Waals surface area (Å²) < 4.78 is 0. The average Bonchev–Trinajstić information content (AvgIpc) is 3.12. The predicted molar refractivity (Wildman–Crippen MR) is 87.5 cm³/mol. The maximum Gasteiger partial charge on any atom is 0.271 e. The molecule has 5 nitrogen and oxygen atoms in total. The minimum absolute atomic E-state index is 0.000437. The van der Waals surface area contributed by atoms with Crippen LogP contribution in [-0.2, 0) is 0 Å². The molecule has 1 aliphatic rings. The van der Waals surface area contributed by atoms with Gasteiger partial charge in [-0.2, -0.15) is 5.10 Å². The number of hydrogen-bond donors (Lipinski definition) is 1. The molecular formula is C18H21N3O2. The summed E-state index contributed by atoms with van der Waals surface area (Å²) in [4.78, 5) is 25.9. The van der Waals surface area contributed by atoms with Gasteiger partial charge in [-0.05, 0) is 17.0 Å². The first-order chi connectivity index (χ1) is 10.9. The van der Waals surface area contributed by atoms with E-state index in [4.69, 9.17) is 0 Å². The Bertz CT molecular complexity index is 734. The quantitative estimate of drug-likeness (QED) is 0.886. The van der Waals surface area contributed by atoms with Crippen LogP contribution in [0.1, 0.15) is 53.2 Å². The van der Waals surface area contributed by atoms with E-state index in [2.05, 4.69) is 36.2 Å². The summed E-state index contributed by atoms with van der Waals surface area (Å²) in [7, 11) is 0. The SMILES string of the molecule is CC(=O)c1cc(C(=O)N2CC(c3ccccc3)C(C)(C)C2)[nH]n1. The zero-order valence-corrected chi connectivity index (χ0v) is 13.7. The van der Waals surface area contributed by atoms with E-state index in [9.17, 15) is 9.59 Å². The minimum Gasteiger partial charge on any atom is -0.336 e. The molecule has 0 bridgehead atoms. The second-order valence-corrected chi connectivity index (χ2v) is 6.86. The van der Waals surface area contributed by atoms with Gasteiger partial charge in [-0.3, -0.25) is 14.7 Å². The molecule has 2 aromatic rings. The van der Waals surface area contributed by atoms with Gasteiger partial charge >= 0.3 is 0 Å². The number of ketones is 1. The largest absolute Gasteiger partial charge is 0.336 e. The Morgan fingerprint density at radius 3 is 2.57 bits per heavy atom. The topological polar surface area (TPSA) is 66.1 Å². The van der Waals surface area contributed by atoms with E-state index in [0.29, 0.717) is 30.4 Å². The van der Waals surface area contributed by atoms with Crippen LogP contribution in [0.15, 0.2) is 36.4 Å². The van der Waals surface area contributed by atoms with Gasteiger partial charge in [-0.1, -0.05) is 44.2 Å². The molecule has 1 atom stereocenters. The summed E-state index contributed by atoms with van der Waals surface area (Å²) in [5, 5.41) is 6.58. The van der Waals surface area contributed by atoms with E-state index in [1.54, 1.807) is 0 Å². The van der Waals surface area contributed by atoms with Crippen LogP contribution in [-0.4, -0.2) is 39.9 Å². The number of carbonyl (C=O) groups is 2. The van der Waals surface area contributed by atoms with Crippen LogP contribution in [0.4, 0.5) is 0 Å². The third kappa shape index (κ3) is 2.91. The number of rotatable bonds is 3. The van der Waals surface area contributed by atoms with Gasteiger partial charge in [0.1, 0.15) is 11.4 Å². The molecule has 1 aromatic carbocycles. The normalized spacial score (nSPS) is 19.8. The van der Waals surface area contributed by atoms with Crippen molar-refractivity contribution in [1.82, 2.24) is 15.1 Å². The summed E-state index contributed by atoms with van der Waals surface area (Å²) in [5.74, 6) is 0.0450. The number of H-pyrrole nitrogens is 1. The molecule has 5 heteroatoms. The Hall–Kier alpha value is -2.43. The van der Waals surface area contributed by atoms with Gasteiger partial charge in [-0.15, -0.1) is 0 Å². The van der Waals surface area contributed by atoms with E-state index in [1.165, 1.54) is 18.6 Å². The number of aromatic nitrogens is 2. The fraction of sp³-hybridized carbons (Fsp3) is 0.389. The molecule has 0 aliphatic carbocycles. The van der Waals surface area contributed by atoms with Crippen molar-refractivity contribution in [3.63, 3.8) is 0 Å². The maximum absolute atomic E-state index is 12.7. The lowest BCUT2D eigenvalue weighted by Gasteiger charge is -2.25. The second kappa shape index (κ2) is 5.65. The van der Waals surface area contributed by atoms with Gasteiger partial charge < -0.3 is 4.90 Å². The van der Waals surface area contributed by atoms with Crippen molar-refractivity contribution in [3.8, 4) is 0 Å². The highest BCUT2D eigenvalue weighted by atomic mass is 16.2. The molecule has 1 aromatic heterocycles. The van der Waals surface area contributed by atoms with Gasteiger partial charge in [0.25, 0.3) is 5.91 Å². The molecule has 1 N–H and O–H groups in total. The van der Waals surface area contributed by atoms with E-state index in [0.717, 1.165) is 0 Å². The molecule has 0 saturated carbocycles. The summed E-state index contributed by atoms with van der Waals surface area (Å²) >= 11 is 0. The monoisotopic (exact) mass is 311 g/mol. The lowest BCUT2D eigenvalue weighted by Crippen LogP contribution is -2.30. The van der Waals surface area contributed by atoms with Crippen molar-refractivity contribution < 1.29 is 9.59 Å². The molecule has 3 rings (SSSR count). The molecule has 0 radical (unpaired) electrons. The third-order valence-corrected chi connectivity index (χ3v) is 4.60. The fourth-order valence-corrected chi connectivity index (χ4v) is 3.31. The molecule has 1 amide bonds. The van der Waals surface area contributed by atoms with Gasteiger partial charge in [0.2, 0.25) is 0 Å². The van der Waals surface area contributed by atoms with Crippen LogP contribution in [0.25, 0.3) is 0 Å². The summed E-state index contributed by atoms with van der Waals surface area (Å²) in [6.07, 6.45) is 0. The molecule has 2 heterocycles. The van der Waals surface area contributed by atoms with Crippen LogP contribution in [0.3, 0.4) is 0 Å². The first kappa shape index (κ1) is 15.5. The fourth-order valence-electron chi connectivity index (χ4n) is 3.31. The van der Waals surface area contributed by atoms with Gasteiger partial charge in [0.05, 0.1) is 0 Å². The van der Waals surface area contributed by atoms with Crippen molar-refractivity contribution in [2.75, 3.05) is 13.1 Å². The first-order valence-electron chi connectivity index (χ1n) is 7.79. The van der Waals surface area contributed by atoms with E-state index in [-0.39, 0.29) is 17.1 Å². The summed E-state index contributed by atoms with van der Waals surface area (Å²) in [6.45, 7) is 7.16. The Labute approximate surface area is 135 Å². The molecule has 0 spiro atoms. The number of nitrogens with one attached hydrogen (secondary N) is 1. The van der Waals surface area contributed by atoms with Crippen LogP contribution in [0.5, 0.6) is 0 Å². The molecule has 1 unspecified atom stereocenters. The Morgan fingerprint density at radius 2 is 1.96 bits per heavy atom. The lowest BCUT2D eigenvalue weighted by atomic mass is 9.78. The molecular weight excluding hydrogens is 290 g/mol. The van der Waals surface area contributed by atoms with Crippen LogP contribution < -0.4 is 0 Å². The van der Waals surface area contributed by atoms with E-state index >= 15 is 0 Å². The van der Waals surface area contributed by atoms with Crippen molar-refractivity contribution in [1.29, 1.82) is 0 Å². The Kier molecular flexibility index (Phi) is 3.80. The molecule has 120 valence electrons. The van der Waals surface area contributed by atoms with Crippen LogP contribution in [0.2, 0.25) is 0 Å². The predicted octanol–water partition coefficient (Wildman–Crippen LogP) is 2.88. The number of hydrogen-bond acceptors (Lipinski definition) is 3. The number of carbonyl (C=O) groups excluding carboxylic acids is 2. The zero-order valence-electron chi connectivity index (χ0n) is 13.7. The Balaban J connectivity index is 1.82. The molecule has 23 heavy (non-hydrogen) atoms. The zero-order chi connectivity index (χ0) is 16.6. The number of Topliss-reactive ketones (excluding diaryl/α,β-unsaturated/α-hetero) is 1. The van der Waals surface area contributed by atoms with Crippen molar-refractivity contribution in [2.24, 2.45) is 5.41 Å². The maximum atomic E-state index is 12.7. The lowest BCUT2D eigenvalue weighted by molar-refractivity contribution is 0.0772. The third-order valence-electron chi connectivity index (χ3n) is 4.60. The molecule has 1 fully saturated rings. The molecule has 1 aliphatic heterocycles. The highest BCUT2D eigenvalue weighted by molar-refractivity contribution is 5.97. The van der Waals surface area contributed by atoms with Crippen LogP contribution in [0, 0.1) is 5.41 Å². The highest BCUT2D eigenvalue weighted by Crippen LogP contribution is 2.42. The first-order valence-corrected chi connectivity index (χ1v) is 7.79. The van der Waals surface area contributed by atoms with Gasteiger partial charge in [0, 0.05) is 25.9 Å². The summed E-state index contributed by atoms with van der Waals surface area (Å²) in [5.41, 5.74) is 1.92. The number of amides is 1. The van der Waals surface area contributed by atoms with Gasteiger partial charge in [0.15, 0.2) is 5.78 Å². The van der Waals surface area contributed by atoms with Gasteiger partial charge in [-0.25, -0.2) is 0 Å². The number of aromatic amines is 1. The van der Waals surface area contributed by atoms with E-state index in [1.807, 2.05) is 23.1 Å². The average molecular weight is 311 g/mol. The second-order valence-electron chi connectivity index (χ2n) is 6.86. The van der Waals surface area contributed by atoms with Crippen molar-refractivity contribution in [3.05, 3.63) is 53.3 Å². The smallest absolute Gasteiger partial charge is 0.271 e.